The van der Waals surface area contributed by atoms with Gasteiger partial charge in [-0.2, -0.15) is 4.98 Å². The van der Waals surface area contributed by atoms with E-state index in [2.05, 4.69) is 10.1 Å². The Labute approximate surface area is 133 Å². The van der Waals surface area contributed by atoms with Gasteiger partial charge in [0.25, 0.3) is 0 Å². The highest BCUT2D eigenvalue weighted by atomic mass is 35.5. The van der Waals surface area contributed by atoms with E-state index in [9.17, 15) is 0 Å². The van der Waals surface area contributed by atoms with Crippen LogP contribution in [0.4, 0.5) is 0 Å². The van der Waals surface area contributed by atoms with E-state index in [-0.39, 0.29) is 5.41 Å². The van der Waals surface area contributed by atoms with Crippen LogP contribution in [0.15, 0.2) is 33.7 Å². The van der Waals surface area contributed by atoms with Crippen molar-refractivity contribution in [3.8, 4) is 0 Å². The fourth-order valence-electron chi connectivity index (χ4n) is 2.79. The lowest BCUT2D eigenvalue weighted by Gasteiger charge is -2.21. The van der Waals surface area contributed by atoms with Crippen LogP contribution in [0.25, 0.3) is 0 Å². The molecular formula is C15H18ClN3OS. The summed E-state index contributed by atoms with van der Waals surface area (Å²) < 4.78 is 5.47. The van der Waals surface area contributed by atoms with E-state index in [0.29, 0.717) is 24.0 Å². The number of nitrogens with two attached hydrogens (primary N) is 1. The van der Waals surface area contributed by atoms with E-state index < -0.39 is 0 Å². The summed E-state index contributed by atoms with van der Waals surface area (Å²) in [6.45, 7) is 0.576. The van der Waals surface area contributed by atoms with Gasteiger partial charge in [-0.05, 0) is 25.0 Å². The van der Waals surface area contributed by atoms with Gasteiger partial charge in [0.1, 0.15) is 0 Å². The van der Waals surface area contributed by atoms with Gasteiger partial charge in [0, 0.05) is 11.4 Å². The molecule has 1 fully saturated rings. The Hall–Kier alpha value is -1.04. The molecule has 21 heavy (non-hydrogen) atoms. The molecule has 0 atom stereocenters. The van der Waals surface area contributed by atoms with E-state index in [1.165, 1.54) is 12.8 Å². The van der Waals surface area contributed by atoms with Gasteiger partial charge in [-0.1, -0.05) is 41.7 Å². The fraction of sp³-hybridized carbons (Fsp3) is 0.467. The van der Waals surface area contributed by atoms with Crippen LogP contribution >= 0.6 is 23.4 Å². The lowest BCUT2D eigenvalue weighted by atomic mass is 9.86. The molecule has 0 amide bonds. The van der Waals surface area contributed by atoms with Crippen molar-refractivity contribution in [2.75, 3.05) is 6.54 Å². The number of aromatic nitrogens is 2. The molecule has 2 N–H and O–H groups in total. The number of hydrogen-bond donors (Lipinski definition) is 1. The molecule has 0 unspecified atom stereocenters. The predicted molar refractivity (Wildman–Crippen MR) is 84.5 cm³/mol. The van der Waals surface area contributed by atoms with Crippen LogP contribution in [0.1, 0.15) is 37.4 Å². The number of nitrogens with zero attached hydrogens (tertiary/aromatic N) is 2. The summed E-state index contributed by atoms with van der Waals surface area (Å²) in [5.41, 5.74) is 5.85. The zero-order valence-electron chi connectivity index (χ0n) is 11.7. The molecule has 0 saturated heterocycles. The molecular weight excluding hydrogens is 306 g/mol. The Morgan fingerprint density at radius 2 is 2.05 bits per heavy atom. The van der Waals surface area contributed by atoms with Crippen LogP contribution in [0.5, 0.6) is 0 Å². The van der Waals surface area contributed by atoms with Gasteiger partial charge in [0.15, 0.2) is 5.82 Å². The molecule has 1 aromatic carbocycles. The van der Waals surface area contributed by atoms with Crippen molar-refractivity contribution in [1.82, 2.24) is 10.1 Å². The normalized spacial score (nSPS) is 17.2. The minimum Gasteiger partial charge on any atom is -0.339 e. The first-order valence-electron chi connectivity index (χ1n) is 7.14. The highest BCUT2D eigenvalue weighted by Gasteiger charge is 2.39. The average Bonchev–Trinajstić information content (AvgIpc) is 3.16. The first-order valence-corrected chi connectivity index (χ1v) is 8.50. The summed E-state index contributed by atoms with van der Waals surface area (Å²) in [6.07, 6.45) is 4.46. The van der Waals surface area contributed by atoms with Crippen molar-refractivity contribution in [3.05, 3.63) is 41.0 Å². The first kappa shape index (κ1) is 14.9. The van der Waals surface area contributed by atoms with Crippen molar-refractivity contribution < 1.29 is 4.52 Å². The third-order valence-electron chi connectivity index (χ3n) is 4.07. The summed E-state index contributed by atoms with van der Waals surface area (Å²) in [7, 11) is 0. The zero-order chi connectivity index (χ0) is 14.7. The molecule has 1 aliphatic rings. The molecule has 3 rings (SSSR count). The van der Waals surface area contributed by atoms with E-state index in [4.69, 9.17) is 21.9 Å². The average molecular weight is 324 g/mol. The third kappa shape index (κ3) is 3.10. The lowest BCUT2D eigenvalue weighted by Crippen LogP contribution is -2.32. The highest BCUT2D eigenvalue weighted by molar-refractivity contribution is 7.98. The van der Waals surface area contributed by atoms with Gasteiger partial charge in [-0.15, -0.1) is 11.8 Å². The largest absolute Gasteiger partial charge is 0.339 e. The van der Waals surface area contributed by atoms with Crippen LogP contribution in [-0.2, 0) is 11.2 Å². The Kier molecular flexibility index (Phi) is 4.52. The van der Waals surface area contributed by atoms with Gasteiger partial charge >= 0.3 is 0 Å². The van der Waals surface area contributed by atoms with Gasteiger partial charge < -0.3 is 10.3 Å². The first-order chi connectivity index (χ1) is 10.2. The number of thioether (sulfide) groups is 1. The molecule has 0 spiro atoms. The standard InChI is InChI=1S/C15H18ClN3OS/c16-11-5-1-2-6-12(11)21-9-13-18-14(20-19-13)15(10-17)7-3-4-8-15/h1-2,5-6H,3-4,7-10,17H2. The topological polar surface area (TPSA) is 64.9 Å². The van der Waals surface area contributed by atoms with Crippen molar-refractivity contribution in [2.24, 2.45) is 5.73 Å². The van der Waals surface area contributed by atoms with Crippen molar-refractivity contribution in [1.29, 1.82) is 0 Å². The summed E-state index contributed by atoms with van der Waals surface area (Å²) in [5, 5.41) is 4.84. The van der Waals surface area contributed by atoms with Crippen LogP contribution in [0, 0.1) is 0 Å². The molecule has 112 valence electrons. The maximum Gasteiger partial charge on any atom is 0.234 e. The Morgan fingerprint density at radius 3 is 2.76 bits per heavy atom. The van der Waals surface area contributed by atoms with Gasteiger partial charge in [-0.25, -0.2) is 0 Å². The minimum atomic E-state index is -0.0969. The van der Waals surface area contributed by atoms with E-state index >= 15 is 0 Å². The molecule has 0 bridgehead atoms. The molecule has 0 aliphatic heterocycles. The summed E-state index contributed by atoms with van der Waals surface area (Å²) in [4.78, 5) is 5.59. The number of benzene rings is 1. The molecule has 1 aromatic heterocycles. The van der Waals surface area contributed by atoms with Gasteiger partial charge in [0.05, 0.1) is 16.2 Å². The number of rotatable bonds is 5. The van der Waals surface area contributed by atoms with Crippen LogP contribution in [-0.4, -0.2) is 16.7 Å². The Balaban J connectivity index is 1.69. The molecule has 1 aliphatic carbocycles. The summed E-state index contributed by atoms with van der Waals surface area (Å²) in [6, 6.07) is 7.77. The molecule has 1 heterocycles. The highest BCUT2D eigenvalue weighted by Crippen LogP contribution is 2.39. The van der Waals surface area contributed by atoms with Crippen LogP contribution in [0.3, 0.4) is 0 Å². The fourth-order valence-corrected chi connectivity index (χ4v) is 3.87. The molecule has 0 radical (unpaired) electrons. The summed E-state index contributed by atoms with van der Waals surface area (Å²) >= 11 is 7.76. The minimum absolute atomic E-state index is 0.0969. The zero-order valence-corrected chi connectivity index (χ0v) is 13.3. The van der Waals surface area contributed by atoms with Crippen LogP contribution in [0.2, 0.25) is 5.02 Å². The molecule has 2 aromatic rings. The second-order valence-electron chi connectivity index (χ2n) is 5.43. The molecule has 1 saturated carbocycles. The SMILES string of the molecule is NCC1(c2nc(CSc3ccccc3Cl)no2)CCCC1. The van der Waals surface area contributed by atoms with Crippen molar-refractivity contribution in [2.45, 2.75) is 41.7 Å². The summed E-state index contributed by atoms with van der Waals surface area (Å²) in [5.74, 6) is 2.06. The smallest absolute Gasteiger partial charge is 0.234 e. The Morgan fingerprint density at radius 1 is 1.29 bits per heavy atom. The lowest BCUT2D eigenvalue weighted by molar-refractivity contribution is 0.283. The van der Waals surface area contributed by atoms with Crippen LogP contribution < -0.4 is 5.73 Å². The molecule has 6 heteroatoms. The van der Waals surface area contributed by atoms with E-state index in [0.717, 1.165) is 22.8 Å². The molecule has 4 nitrogen and oxygen atoms in total. The van der Waals surface area contributed by atoms with E-state index in [1.807, 2.05) is 24.3 Å². The van der Waals surface area contributed by atoms with Gasteiger partial charge in [0.2, 0.25) is 5.89 Å². The quantitative estimate of drug-likeness (QED) is 0.848. The number of hydrogen-bond acceptors (Lipinski definition) is 5. The monoisotopic (exact) mass is 323 g/mol. The second kappa shape index (κ2) is 6.38. The van der Waals surface area contributed by atoms with Crippen molar-refractivity contribution in [3.63, 3.8) is 0 Å². The van der Waals surface area contributed by atoms with Gasteiger partial charge in [-0.3, -0.25) is 0 Å². The number of halogens is 1. The third-order valence-corrected chi connectivity index (χ3v) is 5.58. The van der Waals surface area contributed by atoms with E-state index in [1.54, 1.807) is 11.8 Å². The maximum atomic E-state index is 6.14. The van der Waals surface area contributed by atoms with Crippen molar-refractivity contribution >= 4 is 23.4 Å². The Bertz CT molecular complexity index is 610. The second-order valence-corrected chi connectivity index (χ2v) is 6.85. The predicted octanol–water partition coefficient (Wildman–Crippen LogP) is 3.79. The maximum absolute atomic E-state index is 6.14.